The SMILES string of the molecule is COc1ccc(Cl)cc1CNC1CCCNC1=O. The van der Waals surface area contributed by atoms with Gasteiger partial charge in [-0.3, -0.25) is 4.79 Å². The average molecular weight is 269 g/mol. The molecule has 1 saturated heterocycles. The first kappa shape index (κ1) is 13.2. The van der Waals surface area contributed by atoms with Gasteiger partial charge >= 0.3 is 0 Å². The smallest absolute Gasteiger partial charge is 0.237 e. The number of hydrogen-bond donors (Lipinski definition) is 2. The molecule has 1 atom stereocenters. The lowest BCUT2D eigenvalue weighted by Gasteiger charge is -2.23. The minimum Gasteiger partial charge on any atom is -0.496 e. The van der Waals surface area contributed by atoms with Gasteiger partial charge in [-0.2, -0.15) is 0 Å². The van der Waals surface area contributed by atoms with Gasteiger partial charge in [-0.1, -0.05) is 11.6 Å². The maximum absolute atomic E-state index is 11.6. The summed E-state index contributed by atoms with van der Waals surface area (Å²) in [6, 6.07) is 5.36. The zero-order valence-corrected chi connectivity index (χ0v) is 11.1. The molecule has 0 spiro atoms. The Balaban J connectivity index is 2.00. The monoisotopic (exact) mass is 268 g/mol. The molecule has 1 fully saturated rings. The molecule has 18 heavy (non-hydrogen) atoms. The van der Waals surface area contributed by atoms with Gasteiger partial charge in [0, 0.05) is 23.7 Å². The van der Waals surface area contributed by atoms with E-state index in [2.05, 4.69) is 10.6 Å². The fraction of sp³-hybridized carbons (Fsp3) is 0.462. The van der Waals surface area contributed by atoms with Gasteiger partial charge in [0.15, 0.2) is 0 Å². The molecule has 1 amide bonds. The summed E-state index contributed by atoms with van der Waals surface area (Å²) in [5.41, 5.74) is 0.961. The van der Waals surface area contributed by atoms with Gasteiger partial charge in [0.25, 0.3) is 0 Å². The number of methoxy groups -OCH3 is 1. The molecule has 4 nitrogen and oxygen atoms in total. The maximum atomic E-state index is 11.6. The van der Waals surface area contributed by atoms with Crippen molar-refractivity contribution in [2.45, 2.75) is 25.4 Å². The van der Waals surface area contributed by atoms with Crippen LogP contribution in [0, 0.1) is 0 Å². The number of hydrogen-bond acceptors (Lipinski definition) is 3. The number of rotatable bonds is 4. The Morgan fingerprint density at radius 3 is 3.11 bits per heavy atom. The minimum absolute atomic E-state index is 0.0715. The third kappa shape index (κ3) is 3.15. The van der Waals surface area contributed by atoms with Crippen LogP contribution in [0.1, 0.15) is 18.4 Å². The van der Waals surface area contributed by atoms with Crippen molar-refractivity contribution in [1.82, 2.24) is 10.6 Å². The summed E-state index contributed by atoms with van der Waals surface area (Å²) in [5, 5.41) is 6.76. The third-order valence-electron chi connectivity index (χ3n) is 3.07. The highest BCUT2D eigenvalue weighted by atomic mass is 35.5. The van der Waals surface area contributed by atoms with Crippen LogP contribution < -0.4 is 15.4 Å². The van der Waals surface area contributed by atoms with E-state index in [1.165, 1.54) is 0 Å². The number of amides is 1. The Morgan fingerprint density at radius 1 is 1.56 bits per heavy atom. The number of benzene rings is 1. The second kappa shape index (κ2) is 6.07. The number of carbonyl (C=O) groups is 1. The van der Waals surface area contributed by atoms with Crippen LogP contribution in [0.25, 0.3) is 0 Å². The Labute approximate surface area is 112 Å². The first-order valence-corrected chi connectivity index (χ1v) is 6.42. The normalized spacial score (nSPS) is 19.4. The second-order valence-electron chi connectivity index (χ2n) is 4.32. The van der Waals surface area contributed by atoms with Gasteiger partial charge in [-0.15, -0.1) is 0 Å². The molecule has 2 N–H and O–H groups in total. The van der Waals surface area contributed by atoms with Gasteiger partial charge < -0.3 is 15.4 Å². The molecule has 0 bridgehead atoms. The predicted molar refractivity (Wildman–Crippen MR) is 70.9 cm³/mol. The lowest BCUT2D eigenvalue weighted by molar-refractivity contribution is -0.124. The van der Waals surface area contributed by atoms with Gasteiger partial charge in [0.1, 0.15) is 5.75 Å². The maximum Gasteiger partial charge on any atom is 0.237 e. The molecule has 2 rings (SSSR count). The molecule has 0 aromatic heterocycles. The fourth-order valence-corrected chi connectivity index (χ4v) is 2.28. The fourth-order valence-electron chi connectivity index (χ4n) is 2.09. The van der Waals surface area contributed by atoms with Crippen molar-refractivity contribution in [2.75, 3.05) is 13.7 Å². The summed E-state index contributed by atoms with van der Waals surface area (Å²) in [4.78, 5) is 11.6. The standard InChI is InChI=1S/C13H17ClN2O2/c1-18-12-5-4-10(14)7-9(12)8-16-11-3-2-6-15-13(11)17/h4-5,7,11,16H,2-3,6,8H2,1H3,(H,15,17). The van der Waals surface area contributed by atoms with E-state index in [1.807, 2.05) is 12.1 Å². The molecular weight excluding hydrogens is 252 g/mol. The van der Waals surface area contributed by atoms with E-state index in [0.717, 1.165) is 30.7 Å². The van der Waals surface area contributed by atoms with Crippen LogP contribution in [0.4, 0.5) is 0 Å². The van der Waals surface area contributed by atoms with Crippen molar-refractivity contribution in [1.29, 1.82) is 0 Å². The third-order valence-corrected chi connectivity index (χ3v) is 3.30. The van der Waals surface area contributed by atoms with Crippen molar-refractivity contribution < 1.29 is 9.53 Å². The first-order chi connectivity index (χ1) is 8.70. The molecule has 1 aromatic rings. The first-order valence-electron chi connectivity index (χ1n) is 6.04. The molecule has 0 aliphatic carbocycles. The van der Waals surface area contributed by atoms with E-state index >= 15 is 0 Å². The number of nitrogens with one attached hydrogen (secondary N) is 2. The number of halogens is 1. The number of ether oxygens (including phenoxy) is 1. The predicted octanol–water partition coefficient (Wildman–Crippen LogP) is 1.72. The number of carbonyl (C=O) groups excluding carboxylic acids is 1. The van der Waals surface area contributed by atoms with E-state index in [4.69, 9.17) is 16.3 Å². The highest BCUT2D eigenvalue weighted by Gasteiger charge is 2.21. The van der Waals surface area contributed by atoms with E-state index in [-0.39, 0.29) is 11.9 Å². The van der Waals surface area contributed by atoms with Crippen molar-refractivity contribution >= 4 is 17.5 Å². The summed E-state index contributed by atoms with van der Waals surface area (Å²) in [6.45, 7) is 1.35. The molecule has 0 saturated carbocycles. The summed E-state index contributed by atoms with van der Waals surface area (Å²) in [6.07, 6.45) is 1.88. The second-order valence-corrected chi connectivity index (χ2v) is 4.76. The van der Waals surface area contributed by atoms with Crippen molar-refractivity contribution in [3.8, 4) is 5.75 Å². The topological polar surface area (TPSA) is 50.4 Å². The molecule has 1 aliphatic heterocycles. The van der Waals surface area contributed by atoms with Crippen LogP contribution in [0.2, 0.25) is 5.02 Å². The molecule has 1 unspecified atom stereocenters. The summed E-state index contributed by atoms with van der Waals surface area (Å²) in [5.74, 6) is 0.852. The Bertz CT molecular complexity index is 437. The molecular formula is C13H17ClN2O2. The summed E-state index contributed by atoms with van der Waals surface area (Å²) in [7, 11) is 1.63. The van der Waals surface area contributed by atoms with Crippen LogP contribution in [-0.4, -0.2) is 25.6 Å². The Hall–Kier alpha value is -1.26. The average Bonchev–Trinajstić information content (AvgIpc) is 2.38. The van der Waals surface area contributed by atoms with Crippen molar-refractivity contribution in [3.63, 3.8) is 0 Å². The molecule has 0 radical (unpaired) electrons. The van der Waals surface area contributed by atoms with E-state index in [9.17, 15) is 4.79 Å². The molecule has 5 heteroatoms. The molecule has 1 heterocycles. The minimum atomic E-state index is -0.123. The Morgan fingerprint density at radius 2 is 2.39 bits per heavy atom. The van der Waals surface area contributed by atoms with Crippen LogP contribution in [-0.2, 0) is 11.3 Å². The molecule has 1 aliphatic rings. The Kier molecular flexibility index (Phi) is 4.44. The quantitative estimate of drug-likeness (QED) is 0.874. The van der Waals surface area contributed by atoms with Crippen LogP contribution in [0.3, 0.4) is 0 Å². The van der Waals surface area contributed by atoms with E-state index in [0.29, 0.717) is 11.6 Å². The lowest BCUT2D eigenvalue weighted by Crippen LogP contribution is -2.47. The molecule has 1 aromatic carbocycles. The van der Waals surface area contributed by atoms with Crippen LogP contribution in [0.15, 0.2) is 18.2 Å². The van der Waals surface area contributed by atoms with Gasteiger partial charge in [0.05, 0.1) is 13.2 Å². The van der Waals surface area contributed by atoms with Gasteiger partial charge in [0.2, 0.25) is 5.91 Å². The van der Waals surface area contributed by atoms with Crippen molar-refractivity contribution in [2.24, 2.45) is 0 Å². The molecule has 98 valence electrons. The van der Waals surface area contributed by atoms with Gasteiger partial charge in [-0.25, -0.2) is 0 Å². The van der Waals surface area contributed by atoms with E-state index in [1.54, 1.807) is 13.2 Å². The van der Waals surface area contributed by atoms with Crippen LogP contribution in [0.5, 0.6) is 5.75 Å². The summed E-state index contributed by atoms with van der Waals surface area (Å²) < 4.78 is 5.27. The summed E-state index contributed by atoms with van der Waals surface area (Å²) >= 11 is 5.96. The zero-order valence-electron chi connectivity index (χ0n) is 10.3. The highest BCUT2D eigenvalue weighted by molar-refractivity contribution is 6.30. The van der Waals surface area contributed by atoms with Gasteiger partial charge in [-0.05, 0) is 31.0 Å². The lowest BCUT2D eigenvalue weighted by atomic mass is 10.1. The number of piperidine rings is 1. The highest BCUT2D eigenvalue weighted by Crippen LogP contribution is 2.22. The van der Waals surface area contributed by atoms with Crippen LogP contribution >= 0.6 is 11.6 Å². The zero-order chi connectivity index (χ0) is 13.0. The van der Waals surface area contributed by atoms with E-state index < -0.39 is 0 Å². The van der Waals surface area contributed by atoms with Crippen molar-refractivity contribution in [3.05, 3.63) is 28.8 Å². The largest absolute Gasteiger partial charge is 0.496 e.